The number of carbonyl (C=O) groups is 1. The van der Waals surface area contributed by atoms with Crippen LogP contribution in [0.25, 0.3) is 0 Å². The molecule has 0 bridgehead atoms. The second kappa shape index (κ2) is 3.83. The van der Waals surface area contributed by atoms with Crippen molar-refractivity contribution in [2.75, 3.05) is 6.61 Å². The quantitative estimate of drug-likeness (QED) is 0.800. The van der Waals surface area contributed by atoms with Gasteiger partial charge in [-0.3, -0.25) is 4.79 Å². The molecule has 3 atom stereocenters. The van der Waals surface area contributed by atoms with Crippen LogP contribution in [0.15, 0.2) is 0 Å². The minimum atomic E-state index is 0.212. The molecule has 2 aliphatic rings. The SMILES string of the molecule is C[C@@H](CCO)[C@]12CC(=O)C[C@H]1CC(C)(C)C2. The third-order valence-electron chi connectivity index (χ3n) is 4.96. The second-order valence-electron chi connectivity index (χ2n) is 6.81. The van der Waals surface area contributed by atoms with Crippen LogP contribution in [0.5, 0.6) is 0 Å². The van der Waals surface area contributed by atoms with Gasteiger partial charge in [0.05, 0.1) is 0 Å². The summed E-state index contributed by atoms with van der Waals surface area (Å²) >= 11 is 0. The molecule has 2 fully saturated rings. The van der Waals surface area contributed by atoms with Crippen molar-refractivity contribution in [1.29, 1.82) is 0 Å². The fraction of sp³-hybridized carbons (Fsp3) is 0.929. The predicted molar refractivity (Wildman–Crippen MR) is 64.0 cm³/mol. The maximum Gasteiger partial charge on any atom is 0.133 e. The van der Waals surface area contributed by atoms with Crippen LogP contribution < -0.4 is 0 Å². The molecule has 2 aliphatic carbocycles. The van der Waals surface area contributed by atoms with Gasteiger partial charge in [-0.05, 0) is 41.9 Å². The molecule has 1 N–H and O–H groups in total. The van der Waals surface area contributed by atoms with E-state index in [1.807, 2.05) is 0 Å². The summed E-state index contributed by atoms with van der Waals surface area (Å²) in [5, 5.41) is 9.12. The summed E-state index contributed by atoms with van der Waals surface area (Å²) in [5.41, 5.74) is 0.596. The summed E-state index contributed by atoms with van der Waals surface area (Å²) in [5.74, 6) is 1.51. The minimum Gasteiger partial charge on any atom is -0.396 e. The van der Waals surface area contributed by atoms with Gasteiger partial charge in [-0.15, -0.1) is 0 Å². The smallest absolute Gasteiger partial charge is 0.133 e. The molecule has 2 saturated carbocycles. The Morgan fingerprint density at radius 3 is 2.81 bits per heavy atom. The number of carbonyl (C=O) groups excluding carboxylic acids is 1. The van der Waals surface area contributed by atoms with Gasteiger partial charge in [0, 0.05) is 19.4 Å². The third kappa shape index (κ3) is 1.81. The van der Waals surface area contributed by atoms with Gasteiger partial charge in [0.15, 0.2) is 0 Å². The summed E-state index contributed by atoms with van der Waals surface area (Å²) in [7, 11) is 0. The van der Waals surface area contributed by atoms with Crippen molar-refractivity contribution in [1.82, 2.24) is 0 Å². The molecular formula is C14H24O2. The number of hydrogen-bond donors (Lipinski definition) is 1. The fourth-order valence-electron chi connectivity index (χ4n) is 4.41. The zero-order valence-corrected chi connectivity index (χ0v) is 10.8. The average molecular weight is 224 g/mol. The number of Topliss-reactive ketones (excluding diaryl/α,β-unsaturated/α-hetero) is 1. The Bertz CT molecular complexity index is 295. The molecule has 0 aliphatic heterocycles. The number of ketones is 1. The summed E-state index contributed by atoms with van der Waals surface area (Å²) in [4.78, 5) is 11.7. The van der Waals surface area contributed by atoms with Gasteiger partial charge in [0.25, 0.3) is 0 Å². The Morgan fingerprint density at radius 1 is 1.50 bits per heavy atom. The molecular weight excluding hydrogens is 200 g/mol. The molecule has 0 aromatic heterocycles. The highest BCUT2D eigenvalue weighted by atomic mass is 16.3. The lowest BCUT2D eigenvalue weighted by Crippen LogP contribution is -2.30. The maximum absolute atomic E-state index is 11.7. The van der Waals surface area contributed by atoms with Crippen molar-refractivity contribution in [3.05, 3.63) is 0 Å². The Balaban J connectivity index is 2.24. The molecule has 0 amide bonds. The van der Waals surface area contributed by atoms with E-state index >= 15 is 0 Å². The van der Waals surface area contributed by atoms with E-state index in [-0.39, 0.29) is 12.0 Å². The number of hydrogen-bond acceptors (Lipinski definition) is 2. The fourth-order valence-corrected chi connectivity index (χ4v) is 4.41. The number of aliphatic hydroxyl groups excluding tert-OH is 1. The summed E-state index contributed by atoms with van der Waals surface area (Å²) in [6.07, 6.45) is 4.76. The molecule has 0 heterocycles. The normalized spacial score (nSPS) is 38.8. The van der Waals surface area contributed by atoms with E-state index in [4.69, 9.17) is 5.11 Å². The van der Waals surface area contributed by atoms with Crippen LogP contribution in [0.4, 0.5) is 0 Å². The molecule has 0 spiro atoms. The van der Waals surface area contributed by atoms with E-state index in [1.54, 1.807) is 0 Å². The van der Waals surface area contributed by atoms with Crippen molar-refractivity contribution < 1.29 is 9.90 Å². The van der Waals surface area contributed by atoms with E-state index in [9.17, 15) is 4.79 Å². The second-order valence-corrected chi connectivity index (χ2v) is 6.81. The molecule has 2 nitrogen and oxygen atoms in total. The lowest BCUT2D eigenvalue weighted by Gasteiger charge is -2.36. The highest BCUT2D eigenvalue weighted by molar-refractivity contribution is 5.82. The molecule has 0 aromatic rings. The highest BCUT2D eigenvalue weighted by Gasteiger charge is 2.57. The van der Waals surface area contributed by atoms with Gasteiger partial charge < -0.3 is 5.11 Å². The zero-order valence-electron chi connectivity index (χ0n) is 10.8. The van der Waals surface area contributed by atoms with Gasteiger partial charge >= 0.3 is 0 Å². The van der Waals surface area contributed by atoms with Crippen LogP contribution in [-0.2, 0) is 4.79 Å². The van der Waals surface area contributed by atoms with Crippen LogP contribution in [0, 0.1) is 22.7 Å². The molecule has 92 valence electrons. The average Bonchev–Trinajstić information content (AvgIpc) is 2.53. The first-order valence-electron chi connectivity index (χ1n) is 6.52. The molecule has 0 radical (unpaired) electrons. The monoisotopic (exact) mass is 224 g/mol. The van der Waals surface area contributed by atoms with E-state index in [0.29, 0.717) is 23.0 Å². The Kier molecular flexibility index (Phi) is 2.90. The molecule has 2 rings (SSSR count). The van der Waals surface area contributed by atoms with Crippen LogP contribution >= 0.6 is 0 Å². The highest BCUT2D eigenvalue weighted by Crippen LogP contribution is 2.63. The van der Waals surface area contributed by atoms with E-state index < -0.39 is 0 Å². The van der Waals surface area contributed by atoms with Crippen LogP contribution in [0.3, 0.4) is 0 Å². The number of rotatable bonds is 3. The van der Waals surface area contributed by atoms with Crippen molar-refractivity contribution in [2.45, 2.75) is 52.9 Å². The van der Waals surface area contributed by atoms with Gasteiger partial charge in [-0.1, -0.05) is 20.8 Å². The number of aliphatic hydroxyl groups is 1. The lowest BCUT2D eigenvalue weighted by molar-refractivity contribution is -0.118. The minimum absolute atomic E-state index is 0.212. The van der Waals surface area contributed by atoms with Gasteiger partial charge in [0.2, 0.25) is 0 Å². The van der Waals surface area contributed by atoms with E-state index in [1.165, 1.54) is 6.42 Å². The van der Waals surface area contributed by atoms with Crippen LogP contribution in [-0.4, -0.2) is 17.5 Å². The zero-order chi connectivity index (χ0) is 12.0. The van der Waals surface area contributed by atoms with Crippen molar-refractivity contribution in [3.8, 4) is 0 Å². The standard InChI is InChI=1S/C14H24O2/c1-10(4-5-15)14-8-12(16)6-11(14)7-13(2,3)9-14/h10-11,15H,4-9H2,1-3H3/t10-,11-,14+/m0/s1. The Hall–Kier alpha value is -0.370. The van der Waals surface area contributed by atoms with E-state index in [0.717, 1.165) is 25.7 Å². The lowest BCUT2D eigenvalue weighted by atomic mass is 9.68. The summed E-state index contributed by atoms with van der Waals surface area (Å²) in [6.45, 7) is 7.12. The first kappa shape index (κ1) is 12.1. The largest absolute Gasteiger partial charge is 0.396 e. The predicted octanol–water partition coefficient (Wildman–Crippen LogP) is 2.79. The van der Waals surface area contributed by atoms with Crippen molar-refractivity contribution in [2.24, 2.45) is 22.7 Å². The topological polar surface area (TPSA) is 37.3 Å². The van der Waals surface area contributed by atoms with Gasteiger partial charge in [-0.2, -0.15) is 0 Å². The van der Waals surface area contributed by atoms with Gasteiger partial charge in [-0.25, -0.2) is 0 Å². The molecule has 16 heavy (non-hydrogen) atoms. The number of fused-ring (bicyclic) bond motifs is 1. The van der Waals surface area contributed by atoms with Gasteiger partial charge in [0.1, 0.15) is 5.78 Å². The molecule has 2 heteroatoms. The van der Waals surface area contributed by atoms with Crippen LogP contribution in [0.2, 0.25) is 0 Å². The van der Waals surface area contributed by atoms with E-state index in [2.05, 4.69) is 20.8 Å². The van der Waals surface area contributed by atoms with Crippen LogP contribution in [0.1, 0.15) is 52.9 Å². The Labute approximate surface area is 98.4 Å². The van der Waals surface area contributed by atoms with Crippen molar-refractivity contribution in [3.63, 3.8) is 0 Å². The first-order valence-corrected chi connectivity index (χ1v) is 6.52. The molecule has 0 saturated heterocycles. The molecule has 0 aromatic carbocycles. The summed E-state index contributed by atoms with van der Waals surface area (Å²) < 4.78 is 0. The molecule has 0 unspecified atom stereocenters. The Morgan fingerprint density at radius 2 is 2.19 bits per heavy atom. The maximum atomic E-state index is 11.7. The summed E-state index contributed by atoms with van der Waals surface area (Å²) in [6, 6.07) is 0. The van der Waals surface area contributed by atoms with Crippen molar-refractivity contribution >= 4 is 5.78 Å². The first-order chi connectivity index (χ1) is 7.39. The third-order valence-corrected chi connectivity index (χ3v) is 4.96.